The number of aromatic hydroxyl groups is 1. The van der Waals surface area contributed by atoms with Gasteiger partial charge in [0.25, 0.3) is 5.56 Å². The summed E-state index contributed by atoms with van der Waals surface area (Å²) in [5.41, 5.74) is -0.610. The second kappa shape index (κ2) is 8.41. The van der Waals surface area contributed by atoms with Gasteiger partial charge in [0, 0.05) is 18.3 Å². The van der Waals surface area contributed by atoms with Crippen LogP contribution in [0.4, 0.5) is 5.69 Å². The van der Waals surface area contributed by atoms with Crippen molar-refractivity contribution in [3.8, 4) is 24.0 Å². The van der Waals surface area contributed by atoms with Crippen molar-refractivity contribution in [3.63, 3.8) is 0 Å². The first-order valence-electron chi connectivity index (χ1n) is 8.58. The fourth-order valence-corrected chi connectivity index (χ4v) is 2.58. The lowest BCUT2D eigenvalue weighted by molar-refractivity contribution is 0.362. The van der Waals surface area contributed by atoms with Crippen molar-refractivity contribution in [3.05, 3.63) is 50.7 Å². The summed E-state index contributed by atoms with van der Waals surface area (Å²) in [6, 6.07) is 6.12. The fourth-order valence-electron chi connectivity index (χ4n) is 2.58. The maximum Gasteiger partial charge on any atom is 0.334 e. The zero-order chi connectivity index (χ0) is 20.1. The van der Waals surface area contributed by atoms with Gasteiger partial charge in [-0.15, -0.1) is 6.42 Å². The first-order valence-corrected chi connectivity index (χ1v) is 8.58. The van der Waals surface area contributed by atoms with Crippen molar-refractivity contribution in [2.24, 2.45) is 4.99 Å². The van der Waals surface area contributed by atoms with E-state index >= 15 is 0 Å². The Balaban J connectivity index is 2.49. The summed E-state index contributed by atoms with van der Waals surface area (Å²) in [4.78, 5) is 29.5. The van der Waals surface area contributed by atoms with E-state index in [1.807, 2.05) is 0 Å². The molecule has 2 aromatic rings. The summed E-state index contributed by atoms with van der Waals surface area (Å²) in [5.74, 6) is 2.59. The van der Waals surface area contributed by atoms with Gasteiger partial charge in [0.15, 0.2) is 0 Å². The number of aliphatic imine (C=N–C) groups is 1. The van der Waals surface area contributed by atoms with Gasteiger partial charge in [-0.25, -0.2) is 4.79 Å². The molecule has 27 heavy (non-hydrogen) atoms. The molecular formula is C20H23N3O4. The minimum Gasteiger partial charge on any atom is -0.494 e. The van der Waals surface area contributed by atoms with Crippen LogP contribution in [0.25, 0.3) is 0 Å². The Morgan fingerprint density at radius 3 is 2.26 bits per heavy atom. The molecule has 142 valence electrons. The maximum atomic E-state index is 12.7. The summed E-state index contributed by atoms with van der Waals surface area (Å²) < 4.78 is 7.58. The molecular weight excluding hydrogens is 346 g/mol. The normalized spacial score (nSPS) is 11.3. The summed E-state index contributed by atoms with van der Waals surface area (Å²) in [5, 5.41) is 10.5. The number of rotatable bonds is 6. The molecule has 0 amide bonds. The van der Waals surface area contributed by atoms with Crippen molar-refractivity contribution >= 4 is 11.9 Å². The van der Waals surface area contributed by atoms with E-state index in [0.717, 1.165) is 4.57 Å². The van der Waals surface area contributed by atoms with E-state index in [-0.39, 0.29) is 24.3 Å². The Labute approximate surface area is 157 Å². The lowest BCUT2D eigenvalue weighted by atomic mass is 10.2. The number of hydrogen-bond donors (Lipinski definition) is 1. The first-order chi connectivity index (χ1) is 12.8. The van der Waals surface area contributed by atoms with E-state index in [2.05, 4.69) is 10.9 Å². The highest BCUT2D eigenvalue weighted by Crippen LogP contribution is 2.20. The molecule has 0 saturated carbocycles. The number of benzene rings is 1. The lowest BCUT2D eigenvalue weighted by Gasteiger charge is -2.18. The van der Waals surface area contributed by atoms with Gasteiger partial charge >= 0.3 is 5.69 Å². The molecule has 0 spiro atoms. The third-order valence-electron chi connectivity index (χ3n) is 3.86. The molecule has 0 saturated heterocycles. The molecule has 0 unspecified atom stereocenters. The molecule has 0 atom stereocenters. The number of aromatic nitrogens is 2. The number of terminal acetylenes is 1. The van der Waals surface area contributed by atoms with Gasteiger partial charge in [-0.1, -0.05) is 5.92 Å². The van der Waals surface area contributed by atoms with Gasteiger partial charge in [0.1, 0.15) is 17.9 Å². The van der Waals surface area contributed by atoms with Crippen LogP contribution in [0.3, 0.4) is 0 Å². The van der Waals surface area contributed by atoms with Crippen LogP contribution in [0.1, 0.15) is 45.3 Å². The average molecular weight is 369 g/mol. The molecule has 1 aromatic carbocycles. The van der Waals surface area contributed by atoms with E-state index in [0.29, 0.717) is 11.4 Å². The van der Waals surface area contributed by atoms with E-state index in [1.54, 1.807) is 52.0 Å². The average Bonchev–Trinajstić information content (AvgIpc) is 2.60. The smallest absolute Gasteiger partial charge is 0.334 e. The highest BCUT2D eigenvalue weighted by molar-refractivity contribution is 5.84. The minimum absolute atomic E-state index is 0.0374. The van der Waals surface area contributed by atoms with Crippen molar-refractivity contribution in [2.45, 2.75) is 39.8 Å². The molecule has 0 aliphatic heterocycles. The number of hydrogen-bond acceptors (Lipinski definition) is 5. The van der Waals surface area contributed by atoms with Crippen LogP contribution in [0.5, 0.6) is 11.6 Å². The van der Waals surface area contributed by atoms with E-state index in [4.69, 9.17) is 11.2 Å². The zero-order valence-electron chi connectivity index (χ0n) is 15.8. The molecule has 1 N–H and O–H groups in total. The Hall–Kier alpha value is -3.27. The quantitative estimate of drug-likeness (QED) is 0.626. The van der Waals surface area contributed by atoms with Crippen LogP contribution < -0.4 is 16.0 Å². The molecule has 2 rings (SSSR count). The van der Waals surface area contributed by atoms with Crippen molar-refractivity contribution in [2.75, 3.05) is 6.61 Å². The standard InChI is InChI=1S/C20H23N3O4/c1-6-11-27-16-9-7-15(8-10-16)21-12-17-18(24)22(13(2)3)20(26)23(14(4)5)19(17)25/h1,7-10,12-14,24H,11H2,2-5H3. The topological polar surface area (TPSA) is 85.8 Å². The van der Waals surface area contributed by atoms with Crippen molar-refractivity contribution in [1.82, 2.24) is 9.13 Å². The highest BCUT2D eigenvalue weighted by Gasteiger charge is 2.20. The number of ether oxygens (including phenoxy) is 1. The van der Waals surface area contributed by atoms with Gasteiger partial charge in [-0.2, -0.15) is 0 Å². The first kappa shape index (κ1) is 20.0. The fraction of sp³-hybridized carbons (Fsp3) is 0.350. The van der Waals surface area contributed by atoms with Crippen LogP contribution >= 0.6 is 0 Å². The predicted molar refractivity (Wildman–Crippen MR) is 105 cm³/mol. The van der Waals surface area contributed by atoms with Gasteiger partial charge in [-0.3, -0.25) is 18.9 Å². The second-order valence-electron chi connectivity index (χ2n) is 6.50. The molecule has 1 heterocycles. The SMILES string of the molecule is C#CCOc1ccc(N=Cc2c(O)n(C(C)C)c(=O)n(C(C)C)c2=O)cc1. The molecule has 0 radical (unpaired) electrons. The molecule has 1 aromatic heterocycles. The summed E-state index contributed by atoms with van der Waals surface area (Å²) in [6.45, 7) is 7.15. The third kappa shape index (κ3) is 4.29. The Kier molecular flexibility index (Phi) is 6.24. The Morgan fingerprint density at radius 2 is 1.74 bits per heavy atom. The zero-order valence-corrected chi connectivity index (χ0v) is 15.8. The van der Waals surface area contributed by atoms with E-state index in [1.165, 1.54) is 10.8 Å². The second-order valence-corrected chi connectivity index (χ2v) is 6.50. The molecule has 7 heteroatoms. The van der Waals surface area contributed by atoms with Gasteiger partial charge in [0.05, 0.1) is 5.69 Å². The van der Waals surface area contributed by atoms with Crippen molar-refractivity contribution in [1.29, 1.82) is 0 Å². The van der Waals surface area contributed by atoms with E-state index < -0.39 is 17.1 Å². The van der Waals surface area contributed by atoms with Gasteiger partial charge in [0.2, 0.25) is 5.88 Å². The summed E-state index contributed by atoms with van der Waals surface area (Å²) >= 11 is 0. The molecule has 7 nitrogen and oxygen atoms in total. The van der Waals surface area contributed by atoms with Crippen molar-refractivity contribution < 1.29 is 9.84 Å². The van der Waals surface area contributed by atoms with Crippen LogP contribution in [0.15, 0.2) is 38.8 Å². The third-order valence-corrected chi connectivity index (χ3v) is 3.86. The van der Waals surface area contributed by atoms with Crippen LogP contribution in [0.2, 0.25) is 0 Å². The van der Waals surface area contributed by atoms with Crippen LogP contribution in [0, 0.1) is 12.3 Å². The highest BCUT2D eigenvalue weighted by atomic mass is 16.5. The monoisotopic (exact) mass is 369 g/mol. The lowest BCUT2D eigenvalue weighted by Crippen LogP contribution is -2.43. The summed E-state index contributed by atoms with van der Waals surface area (Å²) in [6.07, 6.45) is 6.42. The minimum atomic E-state index is -0.581. The van der Waals surface area contributed by atoms with Crippen LogP contribution in [-0.2, 0) is 0 Å². The Morgan fingerprint density at radius 1 is 1.15 bits per heavy atom. The number of nitrogens with zero attached hydrogens (tertiary/aromatic N) is 3. The van der Waals surface area contributed by atoms with Gasteiger partial charge < -0.3 is 9.84 Å². The predicted octanol–water partition coefficient (Wildman–Crippen LogP) is 2.64. The molecule has 0 fully saturated rings. The maximum absolute atomic E-state index is 12.7. The molecule has 0 aliphatic rings. The summed E-state index contributed by atoms with van der Waals surface area (Å²) in [7, 11) is 0. The Bertz CT molecular complexity index is 990. The van der Waals surface area contributed by atoms with Crippen LogP contribution in [-0.4, -0.2) is 27.1 Å². The van der Waals surface area contributed by atoms with Gasteiger partial charge in [-0.05, 0) is 52.0 Å². The largest absolute Gasteiger partial charge is 0.494 e. The molecule has 0 aliphatic carbocycles. The van der Waals surface area contributed by atoms with E-state index in [9.17, 15) is 14.7 Å². The molecule has 0 bridgehead atoms.